The van der Waals surface area contributed by atoms with E-state index in [0.717, 1.165) is 43.9 Å². The summed E-state index contributed by atoms with van der Waals surface area (Å²) in [6.07, 6.45) is -1.38. The maximum Gasteiger partial charge on any atom is 0.416 e. The van der Waals surface area contributed by atoms with E-state index in [9.17, 15) is 26.4 Å². The zero-order valence-corrected chi connectivity index (χ0v) is 17.0. The zero-order valence-electron chi connectivity index (χ0n) is 16.2. The molecule has 0 radical (unpaired) electrons. The third-order valence-corrected chi connectivity index (χ3v) is 6.59. The van der Waals surface area contributed by atoms with E-state index in [1.807, 2.05) is 30.3 Å². The van der Waals surface area contributed by atoms with Gasteiger partial charge >= 0.3 is 6.18 Å². The van der Waals surface area contributed by atoms with Gasteiger partial charge in [0.05, 0.1) is 17.0 Å². The van der Waals surface area contributed by atoms with Gasteiger partial charge in [0, 0.05) is 12.6 Å². The van der Waals surface area contributed by atoms with Crippen LogP contribution >= 0.6 is 0 Å². The quantitative estimate of drug-likeness (QED) is 0.715. The van der Waals surface area contributed by atoms with Crippen molar-refractivity contribution >= 4 is 15.9 Å². The normalized spacial score (nSPS) is 17.3. The molecule has 3 rings (SSSR count). The van der Waals surface area contributed by atoms with Crippen LogP contribution in [0, 0.1) is 0 Å². The summed E-state index contributed by atoms with van der Waals surface area (Å²) in [7, 11) is -4.24. The molecule has 1 saturated heterocycles. The molecule has 5 nitrogen and oxygen atoms in total. The first-order chi connectivity index (χ1) is 14.2. The molecule has 1 amide bonds. The fourth-order valence-corrected chi connectivity index (χ4v) is 4.64. The molecule has 9 heteroatoms. The molecule has 0 spiro atoms. The summed E-state index contributed by atoms with van der Waals surface area (Å²) >= 11 is 0. The molecule has 1 heterocycles. The third kappa shape index (κ3) is 5.60. The number of rotatable bonds is 7. The van der Waals surface area contributed by atoms with Crippen LogP contribution in [0.4, 0.5) is 13.2 Å². The second kappa shape index (κ2) is 9.18. The van der Waals surface area contributed by atoms with Gasteiger partial charge in [-0.25, -0.2) is 13.1 Å². The van der Waals surface area contributed by atoms with Crippen molar-refractivity contribution in [3.05, 3.63) is 65.7 Å². The second-order valence-corrected chi connectivity index (χ2v) is 9.02. The predicted octanol–water partition coefficient (Wildman–Crippen LogP) is 3.61. The van der Waals surface area contributed by atoms with Gasteiger partial charge in [0.2, 0.25) is 15.9 Å². The van der Waals surface area contributed by atoms with Crippen LogP contribution in [0.3, 0.4) is 0 Å². The standard InChI is InChI=1S/C21H23F3N2O3S/c22-21(23,24)17-8-4-10-19(14-17)30(28,29)25-15-20(27)26-13-5-9-18(26)12-11-16-6-2-1-3-7-16/h1-4,6-8,10,14,18,25H,5,9,11-13,15H2. The molecule has 1 unspecified atom stereocenters. The largest absolute Gasteiger partial charge is 0.416 e. The number of aryl methyl sites for hydroxylation is 1. The highest BCUT2D eigenvalue weighted by molar-refractivity contribution is 7.89. The Balaban J connectivity index is 1.60. The predicted molar refractivity (Wildman–Crippen MR) is 106 cm³/mol. The minimum absolute atomic E-state index is 0.0239. The lowest BCUT2D eigenvalue weighted by molar-refractivity contribution is -0.137. The number of carbonyl (C=O) groups excluding carboxylic acids is 1. The van der Waals surface area contributed by atoms with Crippen molar-refractivity contribution in [2.75, 3.05) is 13.1 Å². The van der Waals surface area contributed by atoms with Gasteiger partial charge in [-0.15, -0.1) is 0 Å². The lowest BCUT2D eigenvalue weighted by Crippen LogP contribution is -2.42. The van der Waals surface area contributed by atoms with Gasteiger partial charge in [-0.1, -0.05) is 36.4 Å². The Hall–Kier alpha value is -2.39. The van der Waals surface area contributed by atoms with Crippen molar-refractivity contribution < 1.29 is 26.4 Å². The molecule has 0 aromatic heterocycles. The number of carbonyl (C=O) groups is 1. The summed E-state index contributed by atoms with van der Waals surface area (Å²) < 4.78 is 65.4. The molecule has 0 aliphatic carbocycles. The number of amides is 1. The molecule has 0 saturated carbocycles. The summed E-state index contributed by atoms with van der Waals surface area (Å²) in [6, 6.07) is 13.4. The van der Waals surface area contributed by atoms with Crippen LogP contribution in [-0.4, -0.2) is 38.4 Å². The van der Waals surface area contributed by atoms with Crippen LogP contribution in [-0.2, 0) is 27.4 Å². The fourth-order valence-electron chi connectivity index (χ4n) is 3.62. The van der Waals surface area contributed by atoms with Crippen LogP contribution in [0.2, 0.25) is 0 Å². The molecule has 0 bridgehead atoms. The number of nitrogens with one attached hydrogen (secondary N) is 1. The van der Waals surface area contributed by atoms with Gasteiger partial charge in [-0.2, -0.15) is 13.2 Å². The summed E-state index contributed by atoms with van der Waals surface area (Å²) in [5, 5.41) is 0. The summed E-state index contributed by atoms with van der Waals surface area (Å²) in [4.78, 5) is 13.7. The van der Waals surface area contributed by atoms with Crippen LogP contribution in [0.5, 0.6) is 0 Å². The van der Waals surface area contributed by atoms with E-state index in [0.29, 0.717) is 12.6 Å². The van der Waals surface area contributed by atoms with E-state index < -0.39 is 33.2 Å². The zero-order chi connectivity index (χ0) is 21.8. The molecule has 1 aliphatic heterocycles. The topological polar surface area (TPSA) is 66.5 Å². The molecule has 30 heavy (non-hydrogen) atoms. The molecular weight excluding hydrogens is 417 g/mol. The summed E-state index contributed by atoms with van der Waals surface area (Å²) in [5.74, 6) is -0.374. The Morgan fingerprint density at radius 3 is 2.53 bits per heavy atom. The van der Waals surface area contributed by atoms with Gasteiger partial charge in [-0.3, -0.25) is 4.79 Å². The smallest absolute Gasteiger partial charge is 0.339 e. The van der Waals surface area contributed by atoms with Crippen molar-refractivity contribution in [2.24, 2.45) is 0 Å². The number of nitrogens with zero attached hydrogens (tertiary/aromatic N) is 1. The van der Waals surface area contributed by atoms with Crippen molar-refractivity contribution in [2.45, 2.75) is 42.8 Å². The number of hydrogen-bond acceptors (Lipinski definition) is 3. The van der Waals surface area contributed by atoms with E-state index in [1.165, 1.54) is 5.56 Å². The number of likely N-dealkylation sites (tertiary alicyclic amines) is 1. The van der Waals surface area contributed by atoms with Crippen molar-refractivity contribution in [1.29, 1.82) is 0 Å². The molecule has 2 aromatic rings. The Kier molecular flexibility index (Phi) is 6.82. The molecule has 1 fully saturated rings. The van der Waals surface area contributed by atoms with E-state index in [4.69, 9.17) is 0 Å². The van der Waals surface area contributed by atoms with Crippen molar-refractivity contribution in [3.8, 4) is 0 Å². The molecule has 162 valence electrons. The first-order valence-corrected chi connectivity index (χ1v) is 11.2. The SMILES string of the molecule is O=C(CNS(=O)(=O)c1cccc(C(F)(F)F)c1)N1CCCC1CCc1ccccc1. The monoisotopic (exact) mass is 440 g/mol. The first-order valence-electron chi connectivity index (χ1n) is 9.67. The Bertz CT molecular complexity index is 978. The van der Waals surface area contributed by atoms with Gasteiger partial charge in [0.1, 0.15) is 0 Å². The van der Waals surface area contributed by atoms with Crippen molar-refractivity contribution in [3.63, 3.8) is 0 Å². The highest BCUT2D eigenvalue weighted by Crippen LogP contribution is 2.30. The van der Waals surface area contributed by atoms with Crippen LogP contribution in [0.1, 0.15) is 30.4 Å². The number of halogens is 3. The van der Waals surface area contributed by atoms with Crippen LogP contribution in [0.25, 0.3) is 0 Å². The van der Waals surface area contributed by atoms with Crippen LogP contribution < -0.4 is 4.72 Å². The van der Waals surface area contributed by atoms with Gasteiger partial charge in [-0.05, 0) is 49.4 Å². The number of alkyl halides is 3. The van der Waals surface area contributed by atoms with E-state index in [2.05, 4.69) is 4.72 Å². The van der Waals surface area contributed by atoms with Crippen LogP contribution in [0.15, 0.2) is 59.5 Å². The molecule has 1 N–H and O–H groups in total. The highest BCUT2D eigenvalue weighted by atomic mass is 32.2. The first kappa shape index (κ1) is 22.3. The Morgan fingerprint density at radius 2 is 1.83 bits per heavy atom. The van der Waals surface area contributed by atoms with E-state index >= 15 is 0 Å². The van der Waals surface area contributed by atoms with Gasteiger partial charge in [0.25, 0.3) is 0 Å². The number of sulfonamides is 1. The van der Waals surface area contributed by atoms with Crippen molar-refractivity contribution in [1.82, 2.24) is 9.62 Å². The van der Waals surface area contributed by atoms with E-state index in [1.54, 1.807) is 4.90 Å². The summed E-state index contributed by atoms with van der Waals surface area (Å²) in [5.41, 5.74) is 0.110. The molecule has 1 atom stereocenters. The average molecular weight is 440 g/mol. The van der Waals surface area contributed by atoms with Gasteiger partial charge < -0.3 is 4.90 Å². The molecular formula is C21H23F3N2O3S. The highest BCUT2D eigenvalue weighted by Gasteiger charge is 2.32. The average Bonchev–Trinajstić information content (AvgIpc) is 3.19. The summed E-state index contributed by atoms with van der Waals surface area (Å²) in [6.45, 7) is 0.0595. The Labute approximate surface area is 173 Å². The lowest BCUT2D eigenvalue weighted by Gasteiger charge is -2.25. The number of hydrogen-bond donors (Lipinski definition) is 1. The Morgan fingerprint density at radius 1 is 1.10 bits per heavy atom. The van der Waals surface area contributed by atoms with E-state index in [-0.39, 0.29) is 11.9 Å². The third-order valence-electron chi connectivity index (χ3n) is 5.19. The molecule has 1 aliphatic rings. The molecule has 2 aromatic carbocycles. The second-order valence-electron chi connectivity index (χ2n) is 7.26. The fraction of sp³-hybridized carbons (Fsp3) is 0.381. The maximum absolute atomic E-state index is 12.8. The lowest BCUT2D eigenvalue weighted by atomic mass is 10.0. The maximum atomic E-state index is 12.8. The minimum Gasteiger partial charge on any atom is -0.339 e. The van der Waals surface area contributed by atoms with Gasteiger partial charge in [0.15, 0.2) is 0 Å². The number of benzene rings is 2. The minimum atomic E-state index is -4.65.